The molecule has 2 aliphatic rings. The van der Waals surface area contributed by atoms with Gasteiger partial charge in [0.15, 0.2) is 11.5 Å². The molecule has 1 saturated carbocycles. The monoisotopic (exact) mass is 219 g/mol. The first-order valence-corrected chi connectivity index (χ1v) is 5.84. The fraction of sp³-hybridized carbons (Fsp3) is 0.538. The first-order chi connectivity index (χ1) is 7.80. The van der Waals surface area contributed by atoms with Crippen LogP contribution in [0.3, 0.4) is 0 Å². The molecule has 1 fully saturated rings. The van der Waals surface area contributed by atoms with Crippen molar-refractivity contribution in [1.82, 2.24) is 0 Å². The molecule has 0 amide bonds. The van der Waals surface area contributed by atoms with Gasteiger partial charge < -0.3 is 15.2 Å². The van der Waals surface area contributed by atoms with E-state index in [4.69, 9.17) is 15.2 Å². The maximum atomic E-state index is 5.89. The van der Waals surface area contributed by atoms with E-state index < -0.39 is 0 Å². The van der Waals surface area contributed by atoms with Crippen molar-refractivity contribution in [3.8, 4) is 11.5 Å². The van der Waals surface area contributed by atoms with Crippen LogP contribution in [0.1, 0.15) is 24.0 Å². The van der Waals surface area contributed by atoms with E-state index >= 15 is 0 Å². The summed E-state index contributed by atoms with van der Waals surface area (Å²) in [7, 11) is 1.69. The molecule has 0 aromatic heterocycles. The van der Waals surface area contributed by atoms with Crippen molar-refractivity contribution in [1.29, 1.82) is 0 Å². The Labute approximate surface area is 95.5 Å². The van der Waals surface area contributed by atoms with Crippen molar-refractivity contribution in [2.24, 2.45) is 5.73 Å². The molecule has 2 N–H and O–H groups in total. The van der Waals surface area contributed by atoms with Crippen LogP contribution >= 0.6 is 0 Å². The Morgan fingerprint density at radius 1 is 1.44 bits per heavy atom. The third kappa shape index (κ3) is 1.24. The van der Waals surface area contributed by atoms with Crippen LogP contribution in [-0.4, -0.2) is 20.3 Å². The number of fused-ring (bicyclic) bond motifs is 1. The van der Waals surface area contributed by atoms with E-state index in [2.05, 4.69) is 6.07 Å². The first kappa shape index (κ1) is 9.97. The van der Waals surface area contributed by atoms with Gasteiger partial charge in [0.05, 0.1) is 13.7 Å². The van der Waals surface area contributed by atoms with Gasteiger partial charge in [-0.3, -0.25) is 0 Å². The van der Waals surface area contributed by atoms with E-state index in [-0.39, 0.29) is 5.41 Å². The van der Waals surface area contributed by atoms with Crippen molar-refractivity contribution < 1.29 is 9.47 Å². The van der Waals surface area contributed by atoms with Gasteiger partial charge in [-0.2, -0.15) is 0 Å². The van der Waals surface area contributed by atoms with Gasteiger partial charge in [-0.15, -0.1) is 0 Å². The van der Waals surface area contributed by atoms with Gasteiger partial charge in [-0.05, 0) is 24.5 Å². The molecule has 3 rings (SSSR count). The molecule has 0 radical (unpaired) electrons. The summed E-state index contributed by atoms with van der Waals surface area (Å²) in [5.41, 5.74) is 8.85. The summed E-state index contributed by atoms with van der Waals surface area (Å²) in [5, 5.41) is 0. The van der Waals surface area contributed by atoms with E-state index in [0.29, 0.717) is 0 Å². The number of rotatable bonds is 3. The van der Waals surface area contributed by atoms with E-state index in [9.17, 15) is 0 Å². The molecule has 0 bridgehead atoms. The van der Waals surface area contributed by atoms with Crippen LogP contribution in [0.5, 0.6) is 11.5 Å². The second-order valence-electron chi connectivity index (χ2n) is 4.71. The molecular weight excluding hydrogens is 202 g/mol. The zero-order valence-corrected chi connectivity index (χ0v) is 9.58. The predicted octanol–water partition coefficient (Wildman–Crippen LogP) is 1.62. The number of hydrogen-bond acceptors (Lipinski definition) is 3. The van der Waals surface area contributed by atoms with Crippen LogP contribution in [0.25, 0.3) is 0 Å². The molecule has 0 saturated heterocycles. The summed E-state index contributed by atoms with van der Waals surface area (Å²) in [6, 6.07) is 4.18. The van der Waals surface area contributed by atoms with Crippen LogP contribution in [-0.2, 0) is 11.8 Å². The van der Waals surface area contributed by atoms with E-state index in [0.717, 1.165) is 31.1 Å². The van der Waals surface area contributed by atoms with Crippen molar-refractivity contribution in [3.05, 3.63) is 23.3 Å². The summed E-state index contributed by atoms with van der Waals surface area (Å²) in [4.78, 5) is 0. The Balaban J connectivity index is 2.11. The highest BCUT2D eigenvalue weighted by Gasteiger charge is 2.45. The van der Waals surface area contributed by atoms with Gasteiger partial charge in [0.1, 0.15) is 0 Å². The van der Waals surface area contributed by atoms with Gasteiger partial charge in [-0.1, -0.05) is 6.07 Å². The predicted molar refractivity (Wildman–Crippen MR) is 62.2 cm³/mol. The summed E-state index contributed by atoms with van der Waals surface area (Å²) in [6.45, 7) is 1.51. The summed E-state index contributed by atoms with van der Waals surface area (Å²) in [6.07, 6.45) is 3.41. The van der Waals surface area contributed by atoms with Gasteiger partial charge in [0, 0.05) is 23.9 Å². The average Bonchev–Trinajstić information content (AvgIpc) is 2.97. The van der Waals surface area contributed by atoms with Crippen LogP contribution in [0.15, 0.2) is 12.1 Å². The number of nitrogens with two attached hydrogens (primary N) is 1. The summed E-state index contributed by atoms with van der Waals surface area (Å²) >= 11 is 0. The third-order valence-corrected chi connectivity index (χ3v) is 3.86. The lowest BCUT2D eigenvalue weighted by molar-refractivity contribution is 0.326. The molecule has 0 unspecified atom stereocenters. The summed E-state index contributed by atoms with van der Waals surface area (Å²) in [5.74, 6) is 1.80. The number of benzene rings is 1. The Kier molecular flexibility index (Phi) is 2.11. The highest BCUT2D eigenvalue weighted by atomic mass is 16.5. The normalized spacial score (nSPS) is 20.1. The number of methoxy groups -OCH3 is 1. The lowest BCUT2D eigenvalue weighted by Crippen LogP contribution is -2.21. The molecular formula is C13H17NO2. The first-order valence-electron chi connectivity index (χ1n) is 5.84. The zero-order valence-electron chi connectivity index (χ0n) is 9.58. The second kappa shape index (κ2) is 3.39. The average molecular weight is 219 g/mol. The van der Waals surface area contributed by atoms with Crippen molar-refractivity contribution in [2.75, 3.05) is 20.3 Å². The van der Waals surface area contributed by atoms with Crippen molar-refractivity contribution in [3.63, 3.8) is 0 Å². The highest BCUT2D eigenvalue weighted by molar-refractivity contribution is 5.56. The molecule has 1 aliphatic carbocycles. The van der Waals surface area contributed by atoms with Crippen LogP contribution < -0.4 is 15.2 Å². The van der Waals surface area contributed by atoms with Crippen LogP contribution in [0.4, 0.5) is 0 Å². The third-order valence-electron chi connectivity index (χ3n) is 3.86. The number of hydrogen-bond donors (Lipinski definition) is 1. The lowest BCUT2D eigenvalue weighted by atomic mass is 9.90. The van der Waals surface area contributed by atoms with E-state index in [1.807, 2.05) is 6.07 Å². The second-order valence-corrected chi connectivity index (χ2v) is 4.71. The molecule has 3 heteroatoms. The molecule has 86 valence electrons. The zero-order chi connectivity index (χ0) is 11.2. The minimum Gasteiger partial charge on any atom is -0.493 e. The highest BCUT2D eigenvalue weighted by Crippen LogP contribution is 2.52. The minimum atomic E-state index is 0.240. The van der Waals surface area contributed by atoms with Gasteiger partial charge in [-0.25, -0.2) is 0 Å². The Hall–Kier alpha value is -1.22. The fourth-order valence-corrected chi connectivity index (χ4v) is 2.66. The van der Waals surface area contributed by atoms with Gasteiger partial charge in [0.25, 0.3) is 0 Å². The molecule has 0 atom stereocenters. The maximum absolute atomic E-state index is 5.89. The van der Waals surface area contributed by atoms with E-state index in [1.165, 1.54) is 24.0 Å². The summed E-state index contributed by atoms with van der Waals surface area (Å²) < 4.78 is 11.0. The maximum Gasteiger partial charge on any atom is 0.164 e. The van der Waals surface area contributed by atoms with E-state index in [1.54, 1.807) is 7.11 Å². The van der Waals surface area contributed by atoms with Crippen molar-refractivity contribution >= 4 is 0 Å². The van der Waals surface area contributed by atoms with Gasteiger partial charge in [0.2, 0.25) is 0 Å². The standard InChI is InChI=1S/C13H17NO2/c1-15-11-3-2-10(13(8-14)5-6-13)9-4-7-16-12(9)11/h2-3H,4-8,14H2,1H3. The fourth-order valence-electron chi connectivity index (χ4n) is 2.66. The SMILES string of the molecule is COc1ccc(C2(CN)CC2)c2c1OCC2. The lowest BCUT2D eigenvalue weighted by Gasteiger charge is -2.17. The molecule has 1 aliphatic heterocycles. The molecule has 1 aromatic carbocycles. The van der Waals surface area contributed by atoms with Crippen LogP contribution in [0, 0.1) is 0 Å². The minimum absolute atomic E-state index is 0.240. The topological polar surface area (TPSA) is 44.5 Å². The molecule has 3 nitrogen and oxygen atoms in total. The Morgan fingerprint density at radius 2 is 2.25 bits per heavy atom. The smallest absolute Gasteiger partial charge is 0.164 e. The van der Waals surface area contributed by atoms with Crippen molar-refractivity contribution in [2.45, 2.75) is 24.7 Å². The molecule has 0 spiro atoms. The van der Waals surface area contributed by atoms with Crippen LogP contribution in [0.2, 0.25) is 0 Å². The Morgan fingerprint density at radius 3 is 2.88 bits per heavy atom. The molecule has 16 heavy (non-hydrogen) atoms. The molecule has 1 heterocycles. The largest absolute Gasteiger partial charge is 0.493 e. The number of ether oxygens (including phenoxy) is 2. The molecule has 1 aromatic rings. The quantitative estimate of drug-likeness (QED) is 0.840. The van der Waals surface area contributed by atoms with Gasteiger partial charge >= 0.3 is 0 Å². The Bertz CT molecular complexity index is 424.